The summed E-state index contributed by atoms with van der Waals surface area (Å²) in [7, 11) is 0. The monoisotopic (exact) mass is 491 g/mol. The molecule has 0 radical (unpaired) electrons. The van der Waals surface area contributed by atoms with Crippen molar-refractivity contribution in [2.75, 3.05) is 24.5 Å². The average molecular weight is 492 g/mol. The highest BCUT2D eigenvalue weighted by molar-refractivity contribution is 6.33. The van der Waals surface area contributed by atoms with Crippen LogP contribution in [0.2, 0.25) is 5.02 Å². The maximum Gasteiger partial charge on any atom is 0.416 e. The van der Waals surface area contributed by atoms with Crippen LogP contribution in [-0.2, 0) is 11.0 Å². The molecule has 34 heavy (non-hydrogen) atoms. The van der Waals surface area contributed by atoms with Gasteiger partial charge < -0.3 is 16.0 Å². The second kappa shape index (κ2) is 9.15. The third-order valence-electron chi connectivity index (χ3n) is 5.73. The number of nitrogens with two attached hydrogens (primary N) is 1. The van der Waals surface area contributed by atoms with Crippen LogP contribution in [0.3, 0.4) is 0 Å². The number of carbonyl (C=O) groups excluding carboxylic acids is 1. The van der Waals surface area contributed by atoms with Gasteiger partial charge in [0.15, 0.2) is 0 Å². The van der Waals surface area contributed by atoms with Crippen LogP contribution in [-0.4, -0.2) is 51.2 Å². The van der Waals surface area contributed by atoms with Gasteiger partial charge in [-0.3, -0.25) is 9.78 Å². The Morgan fingerprint density at radius 3 is 2.56 bits per heavy atom. The first-order valence-electron chi connectivity index (χ1n) is 10.5. The van der Waals surface area contributed by atoms with Crippen LogP contribution in [0.25, 0.3) is 22.5 Å². The number of halogens is 4. The number of benzene rings is 1. The summed E-state index contributed by atoms with van der Waals surface area (Å²) in [5.41, 5.74) is 5.44. The molecule has 3 aromatic rings. The lowest BCUT2D eigenvalue weighted by Crippen LogP contribution is -2.57. The molecule has 12 heteroatoms. The quantitative estimate of drug-likeness (QED) is 0.544. The van der Waals surface area contributed by atoms with Crippen molar-refractivity contribution >= 4 is 23.5 Å². The minimum atomic E-state index is -4.46. The van der Waals surface area contributed by atoms with Gasteiger partial charge in [-0.1, -0.05) is 30.7 Å². The van der Waals surface area contributed by atoms with E-state index in [4.69, 9.17) is 17.3 Å². The maximum atomic E-state index is 13.0. The second-order valence-electron chi connectivity index (χ2n) is 7.89. The number of anilines is 1. The number of aromatic nitrogens is 4. The Hall–Kier alpha value is -3.31. The Kier molecular flexibility index (Phi) is 6.41. The molecule has 8 nitrogen and oxygen atoms in total. The largest absolute Gasteiger partial charge is 0.416 e. The lowest BCUT2D eigenvalue weighted by molar-refractivity contribution is -0.137. The standard InChI is InChI=1S/C22H21ClF3N7O/c1-2-29-21(19(27)34)8-10-33(12-21)20-30-18(15-7-9-28-11-16(15)23)17(31-32-20)13-3-5-14(6-4-13)22(24,25)26/h3-7,9,11,29H,2,8,10,12H2,1H3,(H2,27,34). The van der Waals surface area contributed by atoms with Crippen LogP contribution >= 0.6 is 11.6 Å². The van der Waals surface area contributed by atoms with Crippen molar-refractivity contribution in [1.82, 2.24) is 25.5 Å². The van der Waals surface area contributed by atoms with E-state index in [-0.39, 0.29) is 18.2 Å². The van der Waals surface area contributed by atoms with Gasteiger partial charge in [-0.15, -0.1) is 10.2 Å². The number of nitrogens with zero attached hydrogens (tertiary/aromatic N) is 5. The number of likely N-dealkylation sites (N-methyl/N-ethyl adjacent to an activating group) is 1. The Balaban J connectivity index is 1.78. The second-order valence-corrected chi connectivity index (χ2v) is 8.30. The van der Waals surface area contributed by atoms with Crippen molar-refractivity contribution in [3.63, 3.8) is 0 Å². The predicted octanol–water partition coefficient (Wildman–Crippen LogP) is 3.32. The molecule has 0 saturated carbocycles. The first kappa shape index (κ1) is 23.8. The fourth-order valence-electron chi connectivity index (χ4n) is 3.97. The molecule has 4 rings (SSSR count). The van der Waals surface area contributed by atoms with Gasteiger partial charge in [0, 0.05) is 36.6 Å². The molecule has 1 aliphatic rings. The highest BCUT2D eigenvalue weighted by atomic mass is 35.5. The van der Waals surface area contributed by atoms with E-state index in [0.29, 0.717) is 41.4 Å². The van der Waals surface area contributed by atoms with E-state index in [9.17, 15) is 18.0 Å². The summed E-state index contributed by atoms with van der Waals surface area (Å²) >= 11 is 6.36. The van der Waals surface area contributed by atoms with Crippen molar-refractivity contribution in [3.05, 3.63) is 53.3 Å². The first-order valence-corrected chi connectivity index (χ1v) is 10.8. The lowest BCUT2D eigenvalue weighted by atomic mass is 9.98. The van der Waals surface area contributed by atoms with E-state index in [2.05, 4.69) is 25.5 Å². The summed E-state index contributed by atoms with van der Waals surface area (Å²) in [6.45, 7) is 3.15. The molecule has 1 aromatic carbocycles. The van der Waals surface area contributed by atoms with E-state index in [1.807, 2.05) is 6.92 Å². The number of hydrogen-bond acceptors (Lipinski definition) is 7. The normalized spacial score (nSPS) is 18.3. The van der Waals surface area contributed by atoms with Gasteiger partial charge in [0.1, 0.15) is 16.9 Å². The summed E-state index contributed by atoms with van der Waals surface area (Å²) < 4.78 is 39.0. The predicted molar refractivity (Wildman–Crippen MR) is 121 cm³/mol. The molecule has 3 heterocycles. The Morgan fingerprint density at radius 2 is 1.94 bits per heavy atom. The van der Waals surface area contributed by atoms with E-state index < -0.39 is 23.2 Å². The van der Waals surface area contributed by atoms with Crippen LogP contribution < -0.4 is 16.0 Å². The Bertz CT molecular complexity index is 1210. The zero-order chi connectivity index (χ0) is 24.5. The van der Waals surface area contributed by atoms with Gasteiger partial charge >= 0.3 is 6.18 Å². The molecule has 1 atom stereocenters. The minimum absolute atomic E-state index is 0.250. The lowest BCUT2D eigenvalue weighted by Gasteiger charge is -2.26. The van der Waals surface area contributed by atoms with E-state index in [1.54, 1.807) is 11.0 Å². The van der Waals surface area contributed by atoms with Crippen molar-refractivity contribution < 1.29 is 18.0 Å². The third kappa shape index (κ3) is 4.53. The minimum Gasteiger partial charge on any atom is -0.368 e. The van der Waals surface area contributed by atoms with Crippen molar-refractivity contribution in [2.45, 2.75) is 25.1 Å². The molecular formula is C22H21ClF3N7O. The topological polar surface area (TPSA) is 110 Å². The van der Waals surface area contributed by atoms with E-state index >= 15 is 0 Å². The van der Waals surface area contributed by atoms with Gasteiger partial charge in [-0.25, -0.2) is 4.98 Å². The Morgan fingerprint density at radius 1 is 1.21 bits per heavy atom. The van der Waals surface area contributed by atoms with Crippen LogP contribution in [0.5, 0.6) is 0 Å². The van der Waals surface area contributed by atoms with E-state index in [1.165, 1.54) is 24.5 Å². The molecule has 0 bridgehead atoms. The van der Waals surface area contributed by atoms with Gasteiger partial charge in [0.05, 0.1) is 10.6 Å². The fraction of sp³-hybridized carbons (Fsp3) is 0.318. The van der Waals surface area contributed by atoms with E-state index in [0.717, 1.165) is 12.1 Å². The molecule has 0 spiro atoms. The highest BCUT2D eigenvalue weighted by Crippen LogP contribution is 2.36. The van der Waals surface area contributed by atoms with Crippen LogP contribution in [0.1, 0.15) is 18.9 Å². The number of primary amides is 1. The van der Waals surface area contributed by atoms with Gasteiger partial charge in [-0.2, -0.15) is 13.2 Å². The molecule has 2 aromatic heterocycles. The molecule has 1 unspecified atom stereocenters. The van der Waals surface area contributed by atoms with Gasteiger partial charge in [-0.05, 0) is 31.2 Å². The summed E-state index contributed by atoms with van der Waals surface area (Å²) in [4.78, 5) is 22.6. The molecule has 1 amide bonds. The van der Waals surface area contributed by atoms with Crippen molar-refractivity contribution in [1.29, 1.82) is 0 Å². The maximum absolute atomic E-state index is 13.0. The van der Waals surface area contributed by atoms with Gasteiger partial charge in [0.2, 0.25) is 11.9 Å². The van der Waals surface area contributed by atoms with Crippen molar-refractivity contribution in [2.24, 2.45) is 5.73 Å². The van der Waals surface area contributed by atoms with Crippen LogP contribution in [0.15, 0.2) is 42.7 Å². The molecule has 3 N–H and O–H groups in total. The molecule has 1 saturated heterocycles. The molecule has 178 valence electrons. The number of amides is 1. The molecule has 0 aliphatic carbocycles. The zero-order valence-corrected chi connectivity index (χ0v) is 18.9. The number of hydrogen-bond donors (Lipinski definition) is 2. The number of rotatable bonds is 6. The zero-order valence-electron chi connectivity index (χ0n) is 18.1. The summed E-state index contributed by atoms with van der Waals surface area (Å²) in [5, 5.41) is 12.0. The summed E-state index contributed by atoms with van der Waals surface area (Å²) in [6.07, 6.45) is -1.03. The fourth-order valence-corrected chi connectivity index (χ4v) is 4.18. The van der Waals surface area contributed by atoms with Crippen LogP contribution in [0, 0.1) is 0 Å². The Labute approximate surface area is 198 Å². The highest BCUT2D eigenvalue weighted by Gasteiger charge is 2.43. The van der Waals surface area contributed by atoms with Crippen molar-refractivity contribution in [3.8, 4) is 22.5 Å². The first-order chi connectivity index (χ1) is 16.1. The number of carbonyl (C=O) groups is 1. The SMILES string of the molecule is CCNC1(C(N)=O)CCN(c2nnc(-c3ccc(C(F)(F)F)cc3)c(-c3ccncc3Cl)n2)C1. The smallest absolute Gasteiger partial charge is 0.368 e. The summed E-state index contributed by atoms with van der Waals surface area (Å²) in [6, 6.07) is 6.21. The average Bonchev–Trinajstić information content (AvgIpc) is 3.24. The summed E-state index contributed by atoms with van der Waals surface area (Å²) in [5.74, 6) is -0.219. The number of alkyl halides is 3. The molecular weight excluding hydrogens is 471 g/mol. The van der Waals surface area contributed by atoms with Crippen LogP contribution in [0.4, 0.5) is 19.1 Å². The number of nitrogens with one attached hydrogen (secondary N) is 1. The molecule has 1 aliphatic heterocycles. The molecule has 1 fully saturated rings. The number of pyridine rings is 1. The third-order valence-corrected chi connectivity index (χ3v) is 6.03. The van der Waals surface area contributed by atoms with Gasteiger partial charge in [0.25, 0.3) is 0 Å².